The van der Waals surface area contributed by atoms with Gasteiger partial charge in [-0.05, 0) is 53.0 Å². The van der Waals surface area contributed by atoms with E-state index in [1.807, 2.05) is 18.0 Å². The van der Waals surface area contributed by atoms with Gasteiger partial charge in [0.15, 0.2) is 0 Å². The third kappa shape index (κ3) is 5.36. The molecule has 6 nitrogen and oxygen atoms in total. The zero-order valence-corrected chi connectivity index (χ0v) is 22.0. The van der Waals surface area contributed by atoms with Crippen LogP contribution in [-0.2, 0) is 0 Å². The second-order valence-electron chi connectivity index (χ2n) is 10.1. The van der Waals surface area contributed by atoms with E-state index >= 15 is 0 Å². The maximum atomic E-state index is 13.9. The lowest BCUT2D eigenvalue weighted by atomic mass is 9.93. The molecule has 0 unspecified atom stereocenters. The van der Waals surface area contributed by atoms with Crippen molar-refractivity contribution in [1.29, 1.82) is 0 Å². The summed E-state index contributed by atoms with van der Waals surface area (Å²) in [7, 11) is 0. The molecular weight excluding hydrogens is 478 g/mol. The van der Waals surface area contributed by atoms with E-state index < -0.39 is 5.92 Å². The Hall–Kier alpha value is -2.68. The average Bonchev–Trinajstić information content (AvgIpc) is 2.82. The summed E-state index contributed by atoms with van der Waals surface area (Å²) in [4.78, 5) is 17.5. The minimum Gasteiger partial charge on any atom is -0.370 e. The monoisotopic (exact) mass is 512 g/mol. The third-order valence-corrected chi connectivity index (χ3v) is 8.08. The highest BCUT2D eigenvalue weighted by Crippen LogP contribution is 2.37. The van der Waals surface area contributed by atoms with Crippen molar-refractivity contribution in [2.45, 2.75) is 45.5 Å². The van der Waals surface area contributed by atoms with Gasteiger partial charge in [-0.3, -0.25) is 0 Å². The molecule has 2 aliphatic heterocycles. The van der Waals surface area contributed by atoms with E-state index in [1.54, 1.807) is 17.2 Å². The molecule has 0 radical (unpaired) electrons. The lowest BCUT2D eigenvalue weighted by molar-refractivity contribution is -0.0120. The van der Waals surface area contributed by atoms with Crippen molar-refractivity contribution in [3.05, 3.63) is 42.2 Å². The fraction of sp³-hybridized carbons (Fsp3) is 0.519. The zero-order chi connectivity index (χ0) is 25.3. The number of aromatic nitrogens is 3. The maximum Gasteiger partial charge on any atom is 0.265 e. The Labute approximate surface area is 215 Å². The van der Waals surface area contributed by atoms with Crippen LogP contribution in [0.4, 0.5) is 32.1 Å². The molecule has 2 aliphatic rings. The molecule has 9 heteroatoms. The van der Waals surface area contributed by atoms with Gasteiger partial charge >= 0.3 is 0 Å². The summed E-state index contributed by atoms with van der Waals surface area (Å²) in [6.07, 6.45) is 3.89. The predicted molar refractivity (Wildman–Crippen MR) is 146 cm³/mol. The first kappa shape index (κ1) is 25.0. The molecule has 2 fully saturated rings. The summed E-state index contributed by atoms with van der Waals surface area (Å²) in [6, 6.07) is 8.29. The topological polar surface area (TPSA) is 57.2 Å². The van der Waals surface area contributed by atoms with Gasteiger partial charge in [-0.1, -0.05) is 26.8 Å². The number of hydrogen-bond acceptors (Lipinski definition) is 7. The molecule has 0 bridgehead atoms. The van der Waals surface area contributed by atoms with Crippen LogP contribution in [0.2, 0.25) is 0 Å². The fourth-order valence-corrected chi connectivity index (χ4v) is 5.87. The summed E-state index contributed by atoms with van der Waals surface area (Å²) in [6.45, 7) is 8.97. The molecule has 0 amide bonds. The Morgan fingerprint density at radius 2 is 1.94 bits per heavy atom. The molecular formula is C27H34F2N6S. The Kier molecular flexibility index (Phi) is 7.19. The number of benzene rings is 1. The lowest BCUT2D eigenvalue weighted by Crippen LogP contribution is -2.48. The Morgan fingerprint density at radius 3 is 2.69 bits per heavy atom. The summed E-state index contributed by atoms with van der Waals surface area (Å²) >= 11 is 2.01. The highest BCUT2D eigenvalue weighted by Gasteiger charge is 2.36. The number of fused-ring (bicyclic) bond motifs is 1. The Balaban J connectivity index is 1.39. The lowest BCUT2D eigenvalue weighted by Gasteiger charge is -2.41. The van der Waals surface area contributed by atoms with Gasteiger partial charge in [0.2, 0.25) is 5.95 Å². The quantitative estimate of drug-likeness (QED) is 0.379. The second kappa shape index (κ2) is 10.4. The standard InChI is InChI=1S/C27H34F2N6S/c1-4-36-16-19-14-35(15-19)23-7-6-20(18(2)3)21-12-25(31-13-22(21)23)32-24-8-10-30-26(33-24)34-11-5-9-27(28,29)17-34/h6-8,10,12-13,18-19H,4-5,9,11,14-17H2,1-3H3,(H,30,31,32,33). The molecule has 3 aromatic rings. The van der Waals surface area contributed by atoms with E-state index in [9.17, 15) is 8.78 Å². The third-order valence-electron chi connectivity index (χ3n) is 6.96. The molecule has 5 rings (SSSR count). The van der Waals surface area contributed by atoms with Gasteiger partial charge < -0.3 is 15.1 Å². The van der Waals surface area contributed by atoms with Crippen molar-refractivity contribution >= 4 is 45.8 Å². The number of halogens is 2. The second-order valence-corrected chi connectivity index (χ2v) is 11.4. The largest absolute Gasteiger partial charge is 0.370 e. The summed E-state index contributed by atoms with van der Waals surface area (Å²) in [5.41, 5.74) is 2.51. The molecule has 36 heavy (non-hydrogen) atoms. The molecule has 1 N–H and O–H groups in total. The SMILES string of the molecule is CCSCC1CN(c2ccc(C(C)C)c3cc(Nc4ccnc(N5CCCC(F)(F)C5)n4)ncc23)C1. The smallest absolute Gasteiger partial charge is 0.265 e. The van der Waals surface area contributed by atoms with E-state index in [0.29, 0.717) is 36.5 Å². The van der Waals surface area contributed by atoms with Gasteiger partial charge in [-0.2, -0.15) is 16.7 Å². The molecule has 192 valence electrons. The van der Waals surface area contributed by atoms with Crippen LogP contribution >= 0.6 is 11.8 Å². The number of anilines is 4. The van der Waals surface area contributed by atoms with Crippen molar-refractivity contribution < 1.29 is 8.78 Å². The fourth-order valence-electron chi connectivity index (χ4n) is 5.09. The number of nitrogens with one attached hydrogen (secondary N) is 1. The summed E-state index contributed by atoms with van der Waals surface area (Å²) < 4.78 is 27.8. The number of rotatable bonds is 8. The molecule has 0 atom stereocenters. The molecule has 1 aromatic carbocycles. The van der Waals surface area contributed by atoms with Crippen LogP contribution in [0.1, 0.15) is 45.1 Å². The van der Waals surface area contributed by atoms with Crippen molar-refractivity contribution in [2.24, 2.45) is 5.92 Å². The van der Waals surface area contributed by atoms with Gasteiger partial charge in [0.05, 0.1) is 6.54 Å². The van der Waals surface area contributed by atoms with Gasteiger partial charge in [0.25, 0.3) is 5.92 Å². The van der Waals surface area contributed by atoms with Crippen LogP contribution in [-0.4, -0.2) is 58.6 Å². The van der Waals surface area contributed by atoms with Crippen molar-refractivity contribution in [2.75, 3.05) is 52.8 Å². The molecule has 0 spiro atoms. The Bertz CT molecular complexity index is 1210. The van der Waals surface area contributed by atoms with Crippen LogP contribution in [0, 0.1) is 5.92 Å². The number of nitrogens with zero attached hydrogens (tertiary/aromatic N) is 5. The zero-order valence-electron chi connectivity index (χ0n) is 21.2. The normalized spacial score (nSPS) is 18.1. The van der Waals surface area contributed by atoms with Gasteiger partial charge in [0.1, 0.15) is 11.6 Å². The molecule has 4 heterocycles. The molecule has 2 saturated heterocycles. The first-order valence-corrected chi connectivity index (χ1v) is 14.0. The summed E-state index contributed by atoms with van der Waals surface area (Å²) in [5.74, 6) is 2.33. The first-order valence-electron chi connectivity index (χ1n) is 12.8. The Morgan fingerprint density at radius 1 is 1.11 bits per heavy atom. The minimum atomic E-state index is -2.71. The number of hydrogen-bond donors (Lipinski definition) is 1. The van der Waals surface area contributed by atoms with E-state index in [4.69, 9.17) is 4.98 Å². The van der Waals surface area contributed by atoms with Gasteiger partial charge in [-0.15, -0.1) is 0 Å². The van der Waals surface area contributed by atoms with Crippen molar-refractivity contribution in [3.8, 4) is 0 Å². The molecule has 0 saturated carbocycles. The van der Waals surface area contributed by atoms with Crippen LogP contribution in [0.25, 0.3) is 10.8 Å². The van der Waals surface area contributed by atoms with Crippen LogP contribution < -0.4 is 15.1 Å². The van der Waals surface area contributed by atoms with Gasteiger partial charge in [0, 0.05) is 55.4 Å². The first-order chi connectivity index (χ1) is 17.3. The predicted octanol–water partition coefficient (Wildman–Crippen LogP) is 6.32. The number of thioether (sulfide) groups is 1. The molecule has 0 aliphatic carbocycles. The maximum absolute atomic E-state index is 13.9. The molecule has 2 aromatic heterocycles. The summed E-state index contributed by atoms with van der Waals surface area (Å²) in [5, 5.41) is 5.61. The van der Waals surface area contributed by atoms with Crippen molar-refractivity contribution in [1.82, 2.24) is 15.0 Å². The number of pyridine rings is 1. The number of piperidine rings is 1. The van der Waals surface area contributed by atoms with E-state index in [-0.39, 0.29) is 13.0 Å². The van der Waals surface area contributed by atoms with Crippen LogP contribution in [0.5, 0.6) is 0 Å². The highest BCUT2D eigenvalue weighted by molar-refractivity contribution is 7.99. The van der Waals surface area contributed by atoms with Crippen LogP contribution in [0.15, 0.2) is 36.7 Å². The van der Waals surface area contributed by atoms with Gasteiger partial charge in [-0.25, -0.2) is 18.7 Å². The number of alkyl halides is 2. The average molecular weight is 513 g/mol. The van der Waals surface area contributed by atoms with E-state index in [0.717, 1.165) is 24.4 Å². The van der Waals surface area contributed by atoms with Crippen molar-refractivity contribution in [3.63, 3.8) is 0 Å². The van der Waals surface area contributed by atoms with Crippen LogP contribution in [0.3, 0.4) is 0 Å². The highest BCUT2D eigenvalue weighted by atomic mass is 32.2. The van der Waals surface area contributed by atoms with E-state index in [1.165, 1.54) is 28.1 Å². The van der Waals surface area contributed by atoms with E-state index in [2.05, 4.69) is 59.2 Å². The minimum absolute atomic E-state index is 0.0849.